The van der Waals surface area contributed by atoms with E-state index < -0.39 is 19.9 Å². The first-order valence-electron chi connectivity index (χ1n) is 7.39. The topological polar surface area (TPSA) is 75.6 Å². The summed E-state index contributed by atoms with van der Waals surface area (Å²) in [6, 6.07) is 18.9. The van der Waals surface area contributed by atoms with Crippen molar-refractivity contribution >= 4 is 14.1 Å². The van der Waals surface area contributed by atoms with Gasteiger partial charge in [0, 0.05) is 0 Å². The average Bonchev–Trinajstić information content (AvgIpc) is 2.58. The molecule has 0 saturated heterocycles. The predicted octanol–water partition coefficient (Wildman–Crippen LogP) is 3.34. The molecular formula is C17H20NO4P. The molecule has 0 saturated carbocycles. The zero-order valence-corrected chi connectivity index (χ0v) is 13.6. The minimum absolute atomic E-state index is 0.129. The Morgan fingerprint density at radius 1 is 1.04 bits per heavy atom. The number of aryl methyl sites for hydroxylation is 1. The Balaban J connectivity index is 1.81. The summed E-state index contributed by atoms with van der Waals surface area (Å²) in [7, 11) is -2.88. The normalized spacial score (nSPS) is 13.1. The fourth-order valence-corrected chi connectivity index (χ4v) is 2.75. The third-order valence-electron chi connectivity index (χ3n) is 3.37. The van der Waals surface area contributed by atoms with Crippen LogP contribution in [0, 0.1) is 0 Å². The third-order valence-corrected chi connectivity index (χ3v) is 4.40. The second-order valence-electron chi connectivity index (χ2n) is 5.12. The molecule has 1 amide bonds. The van der Waals surface area contributed by atoms with Crippen LogP contribution in [0.2, 0.25) is 0 Å². The summed E-state index contributed by atoms with van der Waals surface area (Å²) < 4.78 is 16.5. The fraction of sp³-hybridized carbons (Fsp3) is 0.235. The maximum absolute atomic E-state index is 11.8. The lowest BCUT2D eigenvalue weighted by Gasteiger charge is -2.15. The van der Waals surface area contributed by atoms with Crippen molar-refractivity contribution in [1.82, 2.24) is 5.32 Å². The SMILES string of the molecule is O=C(NC(CCc1ccccc1)[PH](=O)O)OCc1ccccc1. The van der Waals surface area contributed by atoms with Crippen molar-refractivity contribution in [3.8, 4) is 0 Å². The van der Waals surface area contributed by atoms with Gasteiger partial charge in [-0.2, -0.15) is 0 Å². The number of carbonyl (C=O) groups excluding carboxylic acids is 1. The number of benzene rings is 2. The van der Waals surface area contributed by atoms with Gasteiger partial charge in [0.1, 0.15) is 12.4 Å². The number of rotatable bonds is 7. The first-order valence-corrected chi connectivity index (χ1v) is 8.82. The van der Waals surface area contributed by atoms with Gasteiger partial charge in [-0.25, -0.2) is 4.79 Å². The van der Waals surface area contributed by atoms with Crippen LogP contribution in [-0.2, 0) is 22.3 Å². The van der Waals surface area contributed by atoms with Gasteiger partial charge in [0.05, 0.1) is 0 Å². The van der Waals surface area contributed by atoms with Crippen molar-refractivity contribution in [2.45, 2.75) is 25.2 Å². The number of ether oxygens (including phenoxy) is 1. The lowest BCUT2D eigenvalue weighted by Crippen LogP contribution is -2.33. The van der Waals surface area contributed by atoms with Crippen LogP contribution in [0.3, 0.4) is 0 Å². The Labute approximate surface area is 136 Å². The smallest absolute Gasteiger partial charge is 0.408 e. The van der Waals surface area contributed by atoms with Crippen molar-refractivity contribution in [3.05, 3.63) is 71.8 Å². The lowest BCUT2D eigenvalue weighted by molar-refractivity contribution is 0.137. The number of hydrogen-bond donors (Lipinski definition) is 2. The molecule has 2 rings (SSSR count). The number of alkyl carbamates (subject to hydrolysis) is 1. The molecule has 6 heteroatoms. The highest BCUT2D eigenvalue weighted by Gasteiger charge is 2.18. The molecule has 2 aromatic carbocycles. The van der Waals surface area contributed by atoms with E-state index in [1.165, 1.54) is 0 Å². The third kappa shape index (κ3) is 6.27. The summed E-state index contributed by atoms with van der Waals surface area (Å²) in [5.41, 5.74) is 1.92. The van der Waals surface area contributed by atoms with Crippen LogP contribution in [-0.4, -0.2) is 16.8 Å². The maximum Gasteiger partial charge on any atom is 0.408 e. The minimum atomic E-state index is -2.88. The molecule has 2 atom stereocenters. The monoisotopic (exact) mass is 333 g/mol. The van der Waals surface area contributed by atoms with E-state index in [4.69, 9.17) is 4.74 Å². The molecule has 0 aliphatic carbocycles. The van der Waals surface area contributed by atoms with Crippen LogP contribution in [0.1, 0.15) is 17.5 Å². The largest absolute Gasteiger partial charge is 0.445 e. The number of nitrogens with one attached hydrogen (secondary N) is 1. The van der Waals surface area contributed by atoms with E-state index in [2.05, 4.69) is 5.32 Å². The van der Waals surface area contributed by atoms with E-state index in [0.29, 0.717) is 12.8 Å². The van der Waals surface area contributed by atoms with Crippen LogP contribution < -0.4 is 5.32 Å². The van der Waals surface area contributed by atoms with Gasteiger partial charge in [-0.3, -0.25) is 4.57 Å². The Kier molecular flexibility index (Phi) is 6.85. The van der Waals surface area contributed by atoms with E-state index in [1.807, 2.05) is 60.7 Å². The molecule has 0 heterocycles. The summed E-state index contributed by atoms with van der Waals surface area (Å²) in [5, 5.41) is 2.48. The van der Waals surface area contributed by atoms with Crippen molar-refractivity contribution in [2.75, 3.05) is 0 Å². The molecule has 0 fully saturated rings. The van der Waals surface area contributed by atoms with Gasteiger partial charge in [-0.1, -0.05) is 60.7 Å². The van der Waals surface area contributed by atoms with Crippen LogP contribution >= 0.6 is 8.03 Å². The van der Waals surface area contributed by atoms with Crippen LogP contribution in [0.25, 0.3) is 0 Å². The molecule has 0 aromatic heterocycles. The first kappa shape index (κ1) is 17.3. The van der Waals surface area contributed by atoms with Gasteiger partial charge in [0.25, 0.3) is 0 Å². The molecule has 122 valence electrons. The Morgan fingerprint density at radius 3 is 2.17 bits per heavy atom. The maximum atomic E-state index is 11.8. The molecule has 23 heavy (non-hydrogen) atoms. The summed E-state index contributed by atoms with van der Waals surface area (Å²) >= 11 is 0. The molecule has 2 unspecified atom stereocenters. The molecule has 5 nitrogen and oxygen atoms in total. The molecular weight excluding hydrogens is 313 g/mol. The van der Waals surface area contributed by atoms with Gasteiger partial charge < -0.3 is 14.9 Å². The summed E-state index contributed by atoms with van der Waals surface area (Å²) in [6.45, 7) is 0.129. The highest BCUT2D eigenvalue weighted by Crippen LogP contribution is 2.24. The lowest BCUT2D eigenvalue weighted by atomic mass is 10.1. The fourth-order valence-electron chi connectivity index (χ4n) is 2.12. The van der Waals surface area contributed by atoms with Gasteiger partial charge >= 0.3 is 6.09 Å². The second kappa shape index (κ2) is 9.13. The average molecular weight is 333 g/mol. The molecule has 0 aliphatic rings. The molecule has 0 spiro atoms. The first-order chi connectivity index (χ1) is 11.1. The highest BCUT2D eigenvalue weighted by molar-refractivity contribution is 7.38. The Hall–Kier alpha value is -2.10. The van der Waals surface area contributed by atoms with Gasteiger partial charge in [-0.05, 0) is 24.0 Å². The molecule has 0 radical (unpaired) electrons. The van der Waals surface area contributed by atoms with Gasteiger partial charge in [-0.15, -0.1) is 0 Å². The van der Waals surface area contributed by atoms with E-state index >= 15 is 0 Å². The van der Waals surface area contributed by atoms with Crippen LogP contribution in [0.15, 0.2) is 60.7 Å². The summed E-state index contributed by atoms with van der Waals surface area (Å²) in [4.78, 5) is 21.2. The van der Waals surface area contributed by atoms with E-state index in [9.17, 15) is 14.3 Å². The van der Waals surface area contributed by atoms with Crippen LogP contribution in [0.4, 0.5) is 4.79 Å². The molecule has 2 N–H and O–H groups in total. The minimum Gasteiger partial charge on any atom is -0.445 e. The molecule has 0 bridgehead atoms. The Morgan fingerprint density at radius 2 is 1.61 bits per heavy atom. The van der Waals surface area contributed by atoms with Gasteiger partial charge in [0.15, 0.2) is 0 Å². The summed E-state index contributed by atoms with van der Waals surface area (Å²) in [6.07, 6.45) is 0.319. The second-order valence-corrected chi connectivity index (χ2v) is 6.49. The standard InChI is InChI=1S/C17H20NO4P/c19-17(22-13-15-9-5-2-6-10-15)18-16(23(20)21)12-11-14-7-3-1-4-8-14/h1-10,16,23H,11-13H2,(H,18,19)(H,20,21). The zero-order chi connectivity index (χ0) is 16.5. The van der Waals surface area contributed by atoms with Crippen molar-refractivity contribution < 1.29 is 19.0 Å². The van der Waals surface area contributed by atoms with Crippen molar-refractivity contribution in [1.29, 1.82) is 0 Å². The quantitative estimate of drug-likeness (QED) is 0.762. The summed E-state index contributed by atoms with van der Waals surface area (Å²) in [5.74, 6) is -0.788. The molecule has 2 aromatic rings. The zero-order valence-electron chi connectivity index (χ0n) is 12.6. The van der Waals surface area contributed by atoms with Crippen molar-refractivity contribution in [3.63, 3.8) is 0 Å². The number of carbonyl (C=O) groups is 1. The van der Waals surface area contributed by atoms with Crippen molar-refractivity contribution in [2.24, 2.45) is 0 Å². The Bertz CT molecular complexity index is 634. The van der Waals surface area contributed by atoms with Crippen LogP contribution in [0.5, 0.6) is 0 Å². The van der Waals surface area contributed by atoms with E-state index in [1.54, 1.807) is 0 Å². The van der Waals surface area contributed by atoms with Gasteiger partial charge in [0.2, 0.25) is 8.03 Å². The number of hydrogen-bond acceptors (Lipinski definition) is 3. The molecule has 0 aliphatic heterocycles. The predicted molar refractivity (Wildman–Crippen MR) is 89.5 cm³/mol. The highest BCUT2D eigenvalue weighted by atomic mass is 31.1. The van der Waals surface area contributed by atoms with E-state index in [-0.39, 0.29) is 6.61 Å². The van der Waals surface area contributed by atoms with E-state index in [0.717, 1.165) is 11.1 Å². The number of amides is 1.